The predicted molar refractivity (Wildman–Crippen MR) is 43.7 cm³/mol. The molecule has 0 spiro atoms. The molecule has 0 aromatic carbocycles. The van der Waals surface area contributed by atoms with Crippen LogP contribution in [0.25, 0.3) is 0 Å². The SMILES string of the molecule is CC(C)(C(N)=O)N1C(=O)NC(=O)C1=O. The van der Waals surface area contributed by atoms with Crippen molar-refractivity contribution in [1.29, 1.82) is 0 Å². The van der Waals surface area contributed by atoms with Gasteiger partial charge >= 0.3 is 17.8 Å². The molecule has 1 aliphatic rings. The van der Waals surface area contributed by atoms with E-state index >= 15 is 0 Å². The van der Waals surface area contributed by atoms with Crippen molar-refractivity contribution in [1.82, 2.24) is 10.2 Å². The summed E-state index contributed by atoms with van der Waals surface area (Å²) in [6, 6.07) is -0.927. The number of amides is 5. The van der Waals surface area contributed by atoms with Crippen molar-refractivity contribution in [2.24, 2.45) is 5.73 Å². The van der Waals surface area contributed by atoms with E-state index in [9.17, 15) is 19.2 Å². The van der Waals surface area contributed by atoms with Gasteiger partial charge in [-0.3, -0.25) is 19.7 Å². The van der Waals surface area contributed by atoms with Gasteiger partial charge in [0.1, 0.15) is 5.54 Å². The Kier molecular flexibility index (Phi) is 2.03. The Morgan fingerprint density at radius 3 is 2.14 bits per heavy atom. The maximum atomic E-state index is 11.2. The van der Waals surface area contributed by atoms with Gasteiger partial charge in [-0.2, -0.15) is 0 Å². The molecule has 14 heavy (non-hydrogen) atoms. The molecule has 7 nitrogen and oxygen atoms in total. The second-order valence-corrected chi connectivity index (χ2v) is 3.32. The zero-order chi connectivity index (χ0) is 11.1. The van der Waals surface area contributed by atoms with E-state index in [1.54, 1.807) is 5.32 Å². The van der Waals surface area contributed by atoms with Crippen LogP contribution in [0, 0.1) is 0 Å². The summed E-state index contributed by atoms with van der Waals surface area (Å²) in [5.41, 5.74) is 3.49. The highest BCUT2D eigenvalue weighted by Crippen LogP contribution is 2.17. The Bertz CT molecular complexity index is 347. The van der Waals surface area contributed by atoms with Crippen molar-refractivity contribution in [3.05, 3.63) is 0 Å². The van der Waals surface area contributed by atoms with Gasteiger partial charge in [0.25, 0.3) is 0 Å². The number of urea groups is 1. The molecule has 0 aromatic heterocycles. The minimum Gasteiger partial charge on any atom is -0.368 e. The Hall–Kier alpha value is -1.92. The third-order valence-electron chi connectivity index (χ3n) is 1.98. The molecule has 0 saturated carbocycles. The summed E-state index contributed by atoms with van der Waals surface area (Å²) in [4.78, 5) is 44.5. The van der Waals surface area contributed by atoms with E-state index in [1.807, 2.05) is 0 Å². The second kappa shape index (κ2) is 2.79. The minimum absolute atomic E-state index is 0.512. The normalized spacial score (nSPS) is 17.3. The van der Waals surface area contributed by atoms with Gasteiger partial charge in [0, 0.05) is 0 Å². The number of hydrogen-bond donors (Lipinski definition) is 2. The number of imide groups is 2. The molecule has 1 heterocycles. The summed E-state index contributed by atoms with van der Waals surface area (Å²) in [5, 5.41) is 1.77. The molecule has 1 aliphatic heterocycles. The minimum atomic E-state index is -1.51. The molecule has 1 rings (SSSR count). The Labute approximate surface area is 79.2 Å². The Morgan fingerprint density at radius 2 is 1.86 bits per heavy atom. The largest absolute Gasteiger partial charge is 0.368 e. The lowest BCUT2D eigenvalue weighted by Crippen LogP contribution is -2.56. The molecule has 0 radical (unpaired) electrons. The highest BCUT2D eigenvalue weighted by molar-refractivity contribution is 6.45. The van der Waals surface area contributed by atoms with Gasteiger partial charge in [0.2, 0.25) is 5.91 Å². The number of carbonyl (C=O) groups is 4. The smallest absolute Gasteiger partial charge is 0.332 e. The molecular formula is C7H9N3O4. The quantitative estimate of drug-likeness (QED) is 0.409. The average Bonchev–Trinajstić information content (AvgIpc) is 2.26. The molecular weight excluding hydrogens is 190 g/mol. The van der Waals surface area contributed by atoms with E-state index in [0.717, 1.165) is 0 Å². The van der Waals surface area contributed by atoms with Crippen LogP contribution >= 0.6 is 0 Å². The average molecular weight is 199 g/mol. The van der Waals surface area contributed by atoms with Gasteiger partial charge in [-0.25, -0.2) is 9.69 Å². The van der Waals surface area contributed by atoms with Gasteiger partial charge in [-0.15, -0.1) is 0 Å². The summed E-state index contributed by atoms with van der Waals surface area (Å²) >= 11 is 0. The number of nitrogens with one attached hydrogen (secondary N) is 1. The molecule has 7 heteroatoms. The van der Waals surface area contributed by atoms with Gasteiger partial charge in [-0.1, -0.05) is 0 Å². The van der Waals surface area contributed by atoms with E-state index in [1.165, 1.54) is 13.8 Å². The highest BCUT2D eigenvalue weighted by atomic mass is 16.2. The number of nitrogens with zero attached hydrogens (tertiary/aromatic N) is 1. The number of carbonyl (C=O) groups excluding carboxylic acids is 4. The first kappa shape index (κ1) is 10.2. The maximum Gasteiger partial charge on any atom is 0.332 e. The lowest BCUT2D eigenvalue weighted by Gasteiger charge is -2.28. The first-order chi connectivity index (χ1) is 6.28. The summed E-state index contributed by atoms with van der Waals surface area (Å²) in [6.45, 7) is 2.57. The topological polar surface area (TPSA) is 110 Å². The molecule has 0 bridgehead atoms. The van der Waals surface area contributed by atoms with E-state index < -0.39 is 29.3 Å². The molecule has 1 saturated heterocycles. The monoisotopic (exact) mass is 199 g/mol. The summed E-state index contributed by atoms with van der Waals surface area (Å²) in [5.74, 6) is -2.99. The second-order valence-electron chi connectivity index (χ2n) is 3.32. The van der Waals surface area contributed by atoms with Crippen molar-refractivity contribution in [3.63, 3.8) is 0 Å². The van der Waals surface area contributed by atoms with Crippen LogP contribution in [0.2, 0.25) is 0 Å². The number of primary amides is 1. The highest BCUT2D eigenvalue weighted by Gasteiger charge is 2.48. The predicted octanol–water partition coefficient (Wildman–Crippen LogP) is -1.67. The number of hydrogen-bond acceptors (Lipinski definition) is 4. The molecule has 5 amide bonds. The van der Waals surface area contributed by atoms with Crippen LogP contribution in [0.4, 0.5) is 4.79 Å². The van der Waals surface area contributed by atoms with Crippen molar-refractivity contribution in [2.75, 3.05) is 0 Å². The van der Waals surface area contributed by atoms with Crippen LogP contribution in [0.3, 0.4) is 0 Å². The molecule has 3 N–H and O–H groups in total. The number of nitrogens with two attached hydrogens (primary N) is 1. The van der Waals surface area contributed by atoms with E-state index in [4.69, 9.17) is 5.73 Å². The fraction of sp³-hybridized carbons (Fsp3) is 0.429. The van der Waals surface area contributed by atoms with Gasteiger partial charge < -0.3 is 5.73 Å². The van der Waals surface area contributed by atoms with Gasteiger partial charge in [0.15, 0.2) is 0 Å². The first-order valence-corrected chi connectivity index (χ1v) is 3.78. The fourth-order valence-electron chi connectivity index (χ4n) is 1.02. The lowest BCUT2D eigenvalue weighted by atomic mass is 10.0. The van der Waals surface area contributed by atoms with Gasteiger partial charge in [-0.05, 0) is 13.8 Å². The van der Waals surface area contributed by atoms with Crippen molar-refractivity contribution in [3.8, 4) is 0 Å². The fourth-order valence-corrected chi connectivity index (χ4v) is 1.02. The van der Waals surface area contributed by atoms with Crippen LogP contribution in [-0.2, 0) is 14.4 Å². The summed E-state index contributed by atoms with van der Waals surface area (Å²) < 4.78 is 0. The van der Waals surface area contributed by atoms with Crippen LogP contribution in [0.1, 0.15) is 13.8 Å². The molecule has 0 atom stereocenters. The molecule has 1 fully saturated rings. The number of rotatable bonds is 2. The van der Waals surface area contributed by atoms with Crippen LogP contribution in [-0.4, -0.2) is 34.2 Å². The van der Waals surface area contributed by atoms with Gasteiger partial charge in [0.05, 0.1) is 0 Å². The lowest BCUT2D eigenvalue weighted by molar-refractivity contribution is -0.145. The zero-order valence-corrected chi connectivity index (χ0v) is 7.66. The van der Waals surface area contributed by atoms with Crippen molar-refractivity contribution in [2.45, 2.75) is 19.4 Å². The summed E-state index contributed by atoms with van der Waals surface area (Å²) in [6.07, 6.45) is 0. The van der Waals surface area contributed by atoms with Crippen LogP contribution < -0.4 is 11.1 Å². The third-order valence-corrected chi connectivity index (χ3v) is 1.98. The molecule has 0 aliphatic carbocycles. The Morgan fingerprint density at radius 1 is 1.36 bits per heavy atom. The molecule has 76 valence electrons. The van der Waals surface area contributed by atoms with Crippen molar-refractivity contribution < 1.29 is 19.2 Å². The first-order valence-electron chi connectivity index (χ1n) is 3.78. The molecule has 0 aromatic rings. The zero-order valence-electron chi connectivity index (χ0n) is 7.66. The van der Waals surface area contributed by atoms with E-state index in [0.29, 0.717) is 4.90 Å². The van der Waals surface area contributed by atoms with Crippen LogP contribution in [0.5, 0.6) is 0 Å². The van der Waals surface area contributed by atoms with Crippen molar-refractivity contribution >= 4 is 23.8 Å². The van der Waals surface area contributed by atoms with E-state index in [-0.39, 0.29) is 0 Å². The van der Waals surface area contributed by atoms with E-state index in [2.05, 4.69) is 0 Å². The maximum absolute atomic E-state index is 11.2. The standard InChI is InChI=1S/C7H9N3O4/c1-7(2,5(8)13)10-4(12)3(11)9-6(10)14/h1-2H3,(H2,8,13)(H,9,11,14). The summed E-state index contributed by atoms with van der Waals surface area (Å²) in [7, 11) is 0. The third kappa shape index (κ3) is 1.22. The van der Waals surface area contributed by atoms with Crippen LogP contribution in [0.15, 0.2) is 0 Å². The molecule has 0 unspecified atom stereocenters. The Balaban J connectivity index is 3.10.